The van der Waals surface area contributed by atoms with E-state index in [1.54, 1.807) is 19.1 Å². The highest BCUT2D eigenvalue weighted by Crippen LogP contribution is 2.20. The van der Waals surface area contributed by atoms with Crippen molar-refractivity contribution in [3.8, 4) is 0 Å². The average molecular weight is 359 g/mol. The van der Waals surface area contributed by atoms with Gasteiger partial charge in [0.15, 0.2) is 5.96 Å². The quantitative estimate of drug-likeness (QED) is 0.540. The first-order valence-electron chi connectivity index (χ1n) is 8.89. The highest BCUT2D eigenvalue weighted by Gasteiger charge is 2.24. The number of likely N-dealkylation sites (N-methyl/N-ethyl adjacent to an activating group) is 1. The number of nitrogens with one attached hydrogen (secondary N) is 2. The molecule has 2 N–H and O–H groups in total. The van der Waals surface area contributed by atoms with Gasteiger partial charge in [-0.2, -0.15) is 0 Å². The molecule has 0 aromatic carbocycles. The second-order valence-electron chi connectivity index (χ2n) is 8.03. The Morgan fingerprint density at radius 3 is 2.16 bits per heavy atom. The molecule has 0 rings (SSSR count). The lowest BCUT2D eigenvalue weighted by Crippen LogP contribution is -2.47. The van der Waals surface area contributed by atoms with Gasteiger partial charge in [-0.3, -0.25) is 4.99 Å². The normalized spacial score (nSPS) is 14.0. The lowest BCUT2D eigenvalue weighted by Gasteiger charge is -2.30. The number of carbonyl (C=O) groups excluding carboxylic acids is 1. The molecular formula is C18H38N4O3. The number of ether oxygens (including phenoxy) is 2. The van der Waals surface area contributed by atoms with Crippen molar-refractivity contribution in [2.24, 2.45) is 10.4 Å². The molecule has 7 nitrogen and oxygen atoms in total. The molecule has 0 saturated carbocycles. The summed E-state index contributed by atoms with van der Waals surface area (Å²) in [5.74, 6) is 0.687. The maximum absolute atomic E-state index is 12.1. The number of guanidine groups is 1. The van der Waals surface area contributed by atoms with Crippen molar-refractivity contribution in [1.29, 1.82) is 0 Å². The maximum Gasteiger partial charge on any atom is 0.410 e. The van der Waals surface area contributed by atoms with E-state index in [0.717, 1.165) is 0 Å². The predicted molar refractivity (Wildman–Crippen MR) is 103 cm³/mol. The van der Waals surface area contributed by atoms with Gasteiger partial charge < -0.3 is 25.0 Å². The fraction of sp³-hybridized carbons (Fsp3) is 0.889. The molecule has 0 fully saturated rings. The second kappa shape index (κ2) is 10.5. The number of rotatable bonds is 7. The molecule has 25 heavy (non-hydrogen) atoms. The first-order valence-corrected chi connectivity index (χ1v) is 8.89. The van der Waals surface area contributed by atoms with E-state index < -0.39 is 5.60 Å². The van der Waals surface area contributed by atoms with Gasteiger partial charge in [0.25, 0.3) is 0 Å². The smallest absolute Gasteiger partial charge is 0.410 e. The van der Waals surface area contributed by atoms with Crippen molar-refractivity contribution < 1.29 is 14.3 Å². The van der Waals surface area contributed by atoms with Crippen LogP contribution in [0.15, 0.2) is 4.99 Å². The summed E-state index contributed by atoms with van der Waals surface area (Å²) in [5, 5.41) is 6.48. The van der Waals surface area contributed by atoms with Gasteiger partial charge in [0, 0.05) is 40.3 Å². The number of carbonyl (C=O) groups is 1. The van der Waals surface area contributed by atoms with Crippen molar-refractivity contribution in [2.45, 2.75) is 60.2 Å². The van der Waals surface area contributed by atoms with E-state index in [4.69, 9.17) is 9.47 Å². The Morgan fingerprint density at radius 1 is 1.16 bits per heavy atom. The zero-order valence-corrected chi connectivity index (χ0v) is 17.5. The molecule has 1 amide bonds. The summed E-state index contributed by atoms with van der Waals surface area (Å²) in [7, 11) is 3.44. The van der Waals surface area contributed by atoms with Crippen molar-refractivity contribution in [1.82, 2.24) is 15.5 Å². The minimum absolute atomic E-state index is 0.0380. The van der Waals surface area contributed by atoms with E-state index in [0.29, 0.717) is 32.1 Å². The molecular weight excluding hydrogens is 320 g/mol. The third-order valence-electron chi connectivity index (χ3n) is 3.64. The van der Waals surface area contributed by atoms with E-state index in [1.807, 2.05) is 27.7 Å². The van der Waals surface area contributed by atoms with E-state index in [-0.39, 0.29) is 17.6 Å². The van der Waals surface area contributed by atoms with Gasteiger partial charge in [-0.15, -0.1) is 0 Å². The summed E-state index contributed by atoms with van der Waals surface area (Å²) in [6.45, 7) is 16.3. The van der Waals surface area contributed by atoms with Gasteiger partial charge >= 0.3 is 6.09 Å². The fourth-order valence-electron chi connectivity index (χ4n) is 2.17. The number of aliphatic imine (C=N–C) groups is 1. The summed E-state index contributed by atoms with van der Waals surface area (Å²) in [5.41, 5.74) is -0.450. The van der Waals surface area contributed by atoms with Crippen LogP contribution in [0.1, 0.15) is 48.5 Å². The monoisotopic (exact) mass is 358 g/mol. The van der Waals surface area contributed by atoms with Crippen molar-refractivity contribution in [3.63, 3.8) is 0 Å². The van der Waals surface area contributed by atoms with Crippen LogP contribution in [0.2, 0.25) is 0 Å². The summed E-state index contributed by atoms with van der Waals surface area (Å²) in [4.78, 5) is 18.0. The number of amides is 1. The molecule has 7 heteroatoms. The molecule has 0 aliphatic rings. The molecule has 148 valence electrons. The molecule has 0 aromatic rings. The Morgan fingerprint density at radius 2 is 1.76 bits per heavy atom. The third kappa shape index (κ3) is 10.2. The van der Waals surface area contributed by atoms with Crippen LogP contribution in [0.4, 0.5) is 4.79 Å². The van der Waals surface area contributed by atoms with Crippen molar-refractivity contribution in [2.75, 3.05) is 40.3 Å². The molecule has 0 bridgehead atoms. The fourth-order valence-corrected chi connectivity index (χ4v) is 2.17. The summed E-state index contributed by atoms with van der Waals surface area (Å²) in [6, 6.07) is 0. The molecule has 1 unspecified atom stereocenters. The number of hydrogen-bond donors (Lipinski definition) is 2. The summed E-state index contributed by atoms with van der Waals surface area (Å²) in [6.07, 6.45) is -0.230. The molecule has 0 heterocycles. The van der Waals surface area contributed by atoms with E-state index in [2.05, 4.69) is 36.4 Å². The van der Waals surface area contributed by atoms with Crippen LogP contribution in [0.3, 0.4) is 0 Å². The van der Waals surface area contributed by atoms with E-state index in [1.165, 1.54) is 0 Å². The van der Waals surface area contributed by atoms with Gasteiger partial charge in [-0.05, 0) is 33.1 Å². The SMILES string of the molecule is CCN(CCNC(=NC)NCC(OC)C(C)(C)C)C(=O)OC(C)(C)C. The van der Waals surface area contributed by atoms with Crippen LogP contribution >= 0.6 is 0 Å². The van der Waals surface area contributed by atoms with Crippen molar-refractivity contribution >= 4 is 12.1 Å². The molecule has 0 aromatic heterocycles. The minimum Gasteiger partial charge on any atom is -0.444 e. The molecule has 0 spiro atoms. The first-order chi connectivity index (χ1) is 11.4. The van der Waals surface area contributed by atoms with Crippen LogP contribution in [-0.4, -0.2) is 69.0 Å². The van der Waals surface area contributed by atoms with Gasteiger partial charge in [-0.25, -0.2) is 4.79 Å². The maximum atomic E-state index is 12.1. The molecule has 0 aliphatic carbocycles. The molecule has 0 saturated heterocycles. The topological polar surface area (TPSA) is 75.2 Å². The van der Waals surface area contributed by atoms with Gasteiger partial charge in [-0.1, -0.05) is 20.8 Å². The van der Waals surface area contributed by atoms with Gasteiger partial charge in [0.1, 0.15) is 5.60 Å². The van der Waals surface area contributed by atoms with E-state index >= 15 is 0 Å². The van der Waals surface area contributed by atoms with Crippen LogP contribution < -0.4 is 10.6 Å². The molecule has 1 atom stereocenters. The zero-order chi connectivity index (χ0) is 19.7. The summed E-state index contributed by atoms with van der Waals surface area (Å²) >= 11 is 0. The van der Waals surface area contributed by atoms with Crippen LogP contribution in [-0.2, 0) is 9.47 Å². The second-order valence-corrected chi connectivity index (χ2v) is 8.03. The highest BCUT2D eigenvalue weighted by molar-refractivity contribution is 5.79. The van der Waals surface area contributed by atoms with Crippen LogP contribution in [0.5, 0.6) is 0 Å². The lowest BCUT2D eigenvalue weighted by atomic mass is 9.89. The highest BCUT2D eigenvalue weighted by atomic mass is 16.6. The standard InChI is InChI=1S/C18H38N4O3/c1-10-22(16(23)25-18(5,6)7)12-11-20-15(19-8)21-13-14(24-9)17(2,3)4/h14H,10-13H2,1-9H3,(H2,19,20,21). The third-order valence-corrected chi connectivity index (χ3v) is 3.64. The molecule has 0 radical (unpaired) electrons. The Balaban J connectivity index is 4.41. The largest absolute Gasteiger partial charge is 0.444 e. The number of methoxy groups -OCH3 is 1. The zero-order valence-electron chi connectivity index (χ0n) is 17.5. The predicted octanol–water partition coefficient (Wildman–Crippen LogP) is 2.47. The lowest BCUT2D eigenvalue weighted by molar-refractivity contribution is 0.0204. The Labute approximate surface area is 153 Å². The Bertz CT molecular complexity index is 425. The first kappa shape index (κ1) is 23.5. The number of nitrogens with zero attached hydrogens (tertiary/aromatic N) is 2. The molecule has 0 aliphatic heterocycles. The number of hydrogen-bond acceptors (Lipinski definition) is 4. The minimum atomic E-state index is -0.488. The Kier molecular flexibility index (Phi) is 9.85. The summed E-state index contributed by atoms with van der Waals surface area (Å²) < 4.78 is 10.9. The van der Waals surface area contributed by atoms with Crippen LogP contribution in [0.25, 0.3) is 0 Å². The van der Waals surface area contributed by atoms with E-state index in [9.17, 15) is 4.79 Å². The van der Waals surface area contributed by atoms with Gasteiger partial charge in [0.2, 0.25) is 0 Å². The van der Waals surface area contributed by atoms with Crippen molar-refractivity contribution in [3.05, 3.63) is 0 Å². The van der Waals surface area contributed by atoms with Gasteiger partial charge in [0.05, 0.1) is 6.10 Å². The average Bonchev–Trinajstić information content (AvgIpc) is 2.46. The van der Waals surface area contributed by atoms with Crippen LogP contribution in [0, 0.1) is 5.41 Å². The Hall–Kier alpha value is -1.50.